The molecule has 2 aromatic carbocycles. The summed E-state index contributed by atoms with van der Waals surface area (Å²) in [6.07, 6.45) is -0.459. The molecule has 4 rings (SSSR count). The van der Waals surface area contributed by atoms with Crippen molar-refractivity contribution in [1.82, 2.24) is 4.90 Å². The van der Waals surface area contributed by atoms with Crippen LogP contribution in [0.3, 0.4) is 0 Å². The molecule has 2 heterocycles. The van der Waals surface area contributed by atoms with Gasteiger partial charge in [-0.05, 0) is 45.0 Å². The molecule has 30 heavy (non-hydrogen) atoms. The topological polar surface area (TPSA) is 79.9 Å². The van der Waals surface area contributed by atoms with E-state index in [1.807, 2.05) is 57.2 Å². The number of nitrogens with one attached hydrogen (secondary N) is 2. The summed E-state index contributed by atoms with van der Waals surface area (Å²) < 4.78 is 10.6. The Morgan fingerprint density at radius 1 is 1.23 bits per heavy atom. The second-order valence-electron chi connectivity index (χ2n) is 7.97. The molecule has 0 aromatic heterocycles. The summed E-state index contributed by atoms with van der Waals surface area (Å²) in [5, 5.41) is 5.90. The number of nitrogens with zero attached hydrogens (tertiary/aromatic N) is 1. The number of anilines is 2. The Labute approximate surface area is 179 Å². The van der Waals surface area contributed by atoms with E-state index in [9.17, 15) is 9.59 Å². The molecule has 0 saturated heterocycles. The third kappa shape index (κ3) is 4.92. The molecule has 0 bridgehead atoms. The van der Waals surface area contributed by atoms with E-state index < -0.39 is 11.7 Å². The molecule has 162 valence electrons. The van der Waals surface area contributed by atoms with Crippen molar-refractivity contribution in [1.29, 1.82) is 0 Å². The van der Waals surface area contributed by atoms with E-state index in [0.29, 0.717) is 12.3 Å². The highest BCUT2D eigenvalue weighted by Crippen LogP contribution is 2.30. The van der Waals surface area contributed by atoms with Gasteiger partial charge in [0.15, 0.2) is 0 Å². The number of ether oxygens (including phenoxy) is 2. The standard InChI is InChI=1S/C13H18N2O3.C10H9NO.2H2/c1-13(2,3)18-12(16)15-9-4-5-11-10(8-9)14-6-7-17-11;1-7-8-5-3-4-6-9(8)10(12)11(7)2;;/h4-5,8,14H,6-7H2,1-3H3,(H,15,16);3-6H,1H2,2H3;2*1H. The van der Waals surface area contributed by atoms with Gasteiger partial charge in [-0.3, -0.25) is 10.1 Å². The highest BCUT2D eigenvalue weighted by Gasteiger charge is 2.26. The van der Waals surface area contributed by atoms with Crippen molar-refractivity contribution in [3.8, 4) is 5.75 Å². The van der Waals surface area contributed by atoms with Crippen molar-refractivity contribution < 1.29 is 21.9 Å². The Morgan fingerprint density at radius 2 is 1.93 bits per heavy atom. The predicted molar refractivity (Wildman–Crippen MR) is 122 cm³/mol. The van der Waals surface area contributed by atoms with Crippen LogP contribution in [0.2, 0.25) is 0 Å². The highest BCUT2D eigenvalue weighted by molar-refractivity contribution is 6.08. The minimum Gasteiger partial charge on any atom is -0.490 e. The van der Waals surface area contributed by atoms with Crippen LogP contribution in [-0.2, 0) is 4.74 Å². The summed E-state index contributed by atoms with van der Waals surface area (Å²) in [6, 6.07) is 13.0. The third-order valence-electron chi connectivity index (χ3n) is 4.48. The SMILES string of the molecule is C=C1c2ccccc2C(=O)N1C.CC(C)(C)OC(=O)Nc1ccc2c(c1)NCCO2.[HH].[HH]. The van der Waals surface area contributed by atoms with Crippen LogP contribution in [0.25, 0.3) is 5.70 Å². The third-order valence-corrected chi connectivity index (χ3v) is 4.48. The van der Waals surface area contributed by atoms with Gasteiger partial charge in [0.2, 0.25) is 0 Å². The highest BCUT2D eigenvalue weighted by atomic mass is 16.6. The maximum Gasteiger partial charge on any atom is 0.412 e. The maximum atomic E-state index is 11.6. The Hall–Kier alpha value is -3.48. The van der Waals surface area contributed by atoms with Crippen molar-refractivity contribution in [3.05, 3.63) is 60.2 Å². The molecular formula is C23H31N3O4. The molecule has 2 aliphatic heterocycles. The average molecular weight is 414 g/mol. The van der Waals surface area contributed by atoms with Gasteiger partial charge in [0.05, 0.1) is 5.69 Å². The van der Waals surface area contributed by atoms with Gasteiger partial charge in [-0.2, -0.15) is 0 Å². The van der Waals surface area contributed by atoms with Crippen molar-refractivity contribution in [2.24, 2.45) is 0 Å². The summed E-state index contributed by atoms with van der Waals surface area (Å²) in [5.74, 6) is 0.839. The van der Waals surface area contributed by atoms with Crippen molar-refractivity contribution in [2.45, 2.75) is 26.4 Å². The van der Waals surface area contributed by atoms with E-state index in [0.717, 1.165) is 34.8 Å². The van der Waals surface area contributed by atoms with Gasteiger partial charge >= 0.3 is 6.09 Å². The van der Waals surface area contributed by atoms with Crippen molar-refractivity contribution in [3.63, 3.8) is 0 Å². The predicted octanol–water partition coefficient (Wildman–Crippen LogP) is 5.07. The van der Waals surface area contributed by atoms with E-state index in [1.54, 1.807) is 18.0 Å². The van der Waals surface area contributed by atoms with Gasteiger partial charge < -0.3 is 19.7 Å². The first-order valence-electron chi connectivity index (χ1n) is 9.73. The lowest BCUT2D eigenvalue weighted by atomic mass is 10.1. The zero-order valence-electron chi connectivity index (χ0n) is 17.7. The van der Waals surface area contributed by atoms with Gasteiger partial charge in [-0.25, -0.2) is 4.79 Å². The fraction of sp³-hybridized carbons (Fsp3) is 0.304. The van der Waals surface area contributed by atoms with E-state index >= 15 is 0 Å². The van der Waals surface area contributed by atoms with Crippen LogP contribution < -0.4 is 15.4 Å². The molecule has 0 aliphatic carbocycles. The molecule has 0 atom stereocenters. The molecule has 0 fully saturated rings. The normalized spacial score (nSPS) is 14.5. The van der Waals surface area contributed by atoms with Crippen LogP contribution in [0.5, 0.6) is 5.75 Å². The van der Waals surface area contributed by atoms with Crippen molar-refractivity contribution >= 4 is 29.1 Å². The fourth-order valence-corrected chi connectivity index (χ4v) is 3.05. The lowest BCUT2D eigenvalue weighted by Crippen LogP contribution is -2.27. The lowest BCUT2D eigenvalue weighted by Gasteiger charge is -2.21. The van der Waals surface area contributed by atoms with Crippen molar-refractivity contribution in [2.75, 3.05) is 30.8 Å². The molecule has 0 unspecified atom stereocenters. The molecule has 2 amide bonds. The number of fused-ring (bicyclic) bond motifs is 2. The van der Waals surface area contributed by atoms with E-state index in [-0.39, 0.29) is 8.76 Å². The average Bonchev–Trinajstić information content (AvgIpc) is 2.91. The monoisotopic (exact) mass is 413 g/mol. The molecule has 7 heteroatoms. The molecule has 0 spiro atoms. The first-order chi connectivity index (χ1) is 14.2. The zero-order valence-corrected chi connectivity index (χ0v) is 17.7. The molecule has 2 aliphatic rings. The Bertz CT molecular complexity index is 954. The molecule has 0 radical (unpaired) electrons. The minimum atomic E-state index is -0.500. The Kier molecular flexibility index (Phi) is 6.01. The van der Waals surface area contributed by atoms with Gasteiger partial charge in [0.1, 0.15) is 18.0 Å². The van der Waals surface area contributed by atoms with E-state index in [4.69, 9.17) is 9.47 Å². The minimum absolute atomic E-state index is 0. The van der Waals surface area contributed by atoms with Crippen LogP contribution in [0.4, 0.5) is 16.2 Å². The van der Waals surface area contributed by atoms with Gasteiger partial charge in [-0.15, -0.1) is 0 Å². The first-order valence-corrected chi connectivity index (χ1v) is 9.73. The smallest absolute Gasteiger partial charge is 0.412 e. The molecule has 0 saturated carbocycles. The Morgan fingerprint density at radius 3 is 2.60 bits per heavy atom. The van der Waals surface area contributed by atoms with Gasteiger partial charge in [-0.1, -0.05) is 24.8 Å². The molecule has 2 aromatic rings. The first kappa shape index (κ1) is 21.2. The number of hydrogen-bond donors (Lipinski definition) is 2. The van der Waals surface area contributed by atoms with E-state index in [1.165, 1.54) is 0 Å². The molecule has 7 nitrogen and oxygen atoms in total. The number of carbonyl (C=O) groups is 2. The second kappa shape index (κ2) is 8.49. The summed E-state index contributed by atoms with van der Waals surface area (Å²) in [7, 11) is 1.74. The van der Waals surface area contributed by atoms with Gasteiger partial charge in [0, 0.05) is 39.0 Å². The zero-order chi connectivity index (χ0) is 21.9. The summed E-state index contributed by atoms with van der Waals surface area (Å²) in [5.41, 5.74) is 3.56. The van der Waals surface area contributed by atoms with Crippen LogP contribution in [0.1, 0.15) is 39.5 Å². The summed E-state index contributed by atoms with van der Waals surface area (Å²) in [4.78, 5) is 24.7. The number of benzene rings is 2. The maximum absolute atomic E-state index is 11.6. The van der Waals surface area contributed by atoms with Crippen LogP contribution >= 0.6 is 0 Å². The summed E-state index contributed by atoms with van der Waals surface area (Å²) >= 11 is 0. The number of hydrogen-bond acceptors (Lipinski definition) is 5. The van der Waals surface area contributed by atoms with E-state index in [2.05, 4.69) is 17.2 Å². The number of carbonyl (C=O) groups excluding carboxylic acids is 2. The summed E-state index contributed by atoms with van der Waals surface area (Å²) in [6.45, 7) is 10.7. The molecule has 2 N–H and O–H groups in total. The quantitative estimate of drug-likeness (QED) is 0.682. The fourth-order valence-electron chi connectivity index (χ4n) is 3.05. The second-order valence-corrected chi connectivity index (χ2v) is 7.97. The van der Waals surface area contributed by atoms with Gasteiger partial charge in [0.25, 0.3) is 5.91 Å². The number of amides is 2. The molecular weight excluding hydrogens is 382 g/mol. The number of rotatable bonds is 1. The lowest BCUT2D eigenvalue weighted by molar-refractivity contribution is 0.0635. The largest absolute Gasteiger partial charge is 0.490 e. The van der Waals surface area contributed by atoms with Crippen LogP contribution in [0, 0.1) is 0 Å². The van der Waals surface area contributed by atoms with Crippen LogP contribution in [0.15, 0.2) is 49.0 Å². The van der Waals surface area contributed by atoms with Crippen LogP contribution in [-0.4, -0.2) is 42.7 Å². The Balaban J connectivity index is 0.000000321.